The van der Waals surface area contributed by atoms with Gasteiger partial charge in [0.15, 0.2) is 5.65 Å². The summed E-state index contributed by atoms with van der Waals surface area (Å²) in [6.07, 6.45) is 0. The van der Waals surface area contributed by atoms with Crippen molar-refractivity contribution in [2.24, 2.45) is 0 Å². The molecule has 0 unspecified atom stereocenters. The lowest BCUT2D eigenvalue weighted by molar-refractivity contribution is 0.0943. The van der Waals surface area contributed by atoms with E-state index in [2.05, 4.69) is 10.4 Å². The minimum absolute atomic E-state index is 0.167. The Bertz CT molecular complexity index is 1120. The van der Waals surface area contributed by atoms with Crippen molar-refractivity contribution >= 4 is 11.6 Å². The Hall–Kier alpha value is -3.51. The van der Waals surface area contributed by atoms with Gasteiger partial charge in [-0.15, -0.1) is 0 Å². The molecule has 0 bridgehead atoms. The predicted octanol–water partition coefficient (Wildman–Crippen LogP) is 3.35. The maximum Gasteiger partial charge on any atom is 0.270 e. The molecule has 0 fully saturated rings. The molecule has 0 radical (unpaired) electrons. The number of nitrogens with one attached hydrogen (secondary N) is 1. The molecule has 6 heteroatoms. The van der Waals surface area contributed by atoms with Crippen molar-refractivity contribution in [2.75, 3.05) is 27.2 Å². The highest BCUT2D eigenvalue weighted by molar-refractivity contribution is 5.94. The Morgan fingerprint density at radius 3 is 2.17 bits per heavy atom. The van der Waals surface area contributed by atoms with Crippen molar-refractivity contribution in [3.63, 3.8) is 0 Å². The van der Waals surface area contributed by atoms with E-state index in [9.17, 15) is 4.79 Å². The number of rotatable bonds is 6. The third-order valence-electron chi connectivity index (χ3n) is 4.64. The molecule has 29 heavy (non-hydrogen) atoms. The maximum absolute atomic E-state index is 13.0. The molecule has 2 heterocycles. The zero-order chi connectivity index (χ0) is 20.2. The van der Waals surface area contributed by atoms with Gasteiger partial charge in [-0.2, -0.15) is 5.10 Å². The fourth-order valence-corrected chi connectivity index (χ4v) is 3.13. The SMILES string of the molecule is CN(C)CCNC(=O)c1cc(-c2ccccc2)nc2cc(-c3ccccc3)nn12. The first-order valence-corrected chi connectivity index (χ1v) is 9.56. The Morgan fingerprint density at radius 1 is 0.931 bits per heavy atom. The third-order valence-corrected chi connectivity index (χ3v) is 4.64. The zero-order valence-electron chi connectivity index (χ0n) is 16.5. The third kappa shape index (κ3) is 4.17. The van der Waals surface area contributed by atoms with E-state index < -0.39 is 0 Å². The summed E-state index contributed by atoms with van der Waals surface area (Å²) in [6.45, 7) is 1.32. The first-order valence-electron chi connectivity index (χ1n) is 9.56. The Morgan fingerprint density at radius 2 is 1.55 bits per heavy atom. The lowest BCUT2D eigenvalue weighted by Gasteiger charge is -2.12. The van der Waals surface area contributed by atoms with Crippen LogP contribution in [0.4, 0.5) is 0 Å². The van der Waals surface area contributed by atoms with E-state index in [0.717, 1.165) is 29.1 Å². The van der Waals surface area contributed by atoms with E-state index in [1.807, 2.05) is 85.7 Å². The summed E-state index contributed by atoms with van der Waals surface area (Å²) in [5.41, 5.74) is 4.58. The molecule has 0 atom stereocenters. The molecule has 0 saturated heterocycles. The summed E-state index contributed by atoms with van der Waals surface area (Å²) in [4.78, 5) is 19.7. The Labute approximate surface area is 169 Å². The second kappa shape index (κ2) is 8.24. The van der Waals surface area contributed by atoms with Crippen molar-refractivity contribution in [1.29, 1.82) is 0 Å². The van der Waals surface area contributed by atoms with Crippen LogP contribution in [0.3, 0.4) is 0 Å². The van der Waals surface area contributed by atoms with Crippen LogP contribution in [0.5, 0.6) is 0 Å². The van der Waals surface area contributed by atoms with Crippen molar-refractivity contribution in [3.8, 4) is 22.5 Å². The molecule has 4 aromatic rings. The number of likely N-dealkylation sites (N-methyl/N-ethyl adjacent to an activating group) is 1. The van der Waals surface area contributed by atoms with Gasteiger partial charge in [-0.1, -0.05) is 60.7 Å². The number of hydrogen-bond donors (Lipinski definition) is 1. The Balaban J connectivity index is 1.80. The molecule has 1 amide bonds. The van der Waals surface area contributed by atoms with Crippen molar-refractivity contribution < 1.29 is 4.79 Å². The molecule has 0 aliphatic carbocycles. The first-order chi connectivity index (χ1) is 14.1. The lowest BCUT2D eigenvalue weighted by Crippen LogP contribution is -2.32. The van der Waals surface area contributed by atoms with Crippen molar-refractivity contribution in [1.82, 2.24) is 24.8 Å². The molecule has 146 valence electrons. The first kappa shape index (κ1) is 18.8. The number of nitrogens with zero attached hydrogens (tertiary/aromatic N) is 4. The molecular formula is C23H23N5O. The fourth-order valence-electron chi connectivity index (χ4n) is 3.13. The number of amides is 1. The highest BCUT2D eigenvalue weighted by Gasteiger charge is 2.17. The van der Waals surface area contributed by atoms with E-state index in [0.29, 0.717) is 17.9 Å². The molecule has 1 N–H and O–H groups in total. The van der Waals surface area contributed by atoms with Gasteiger partial charge in [-0.05, 0) is 20.2 Å². The highest BCUT2D eigenvalue weighted by atomic mass is 16.2. The van der Waals surface area contributed by atoms with Gasteiger partial charge in [0, 0.05) is 30.3 Å². The van der Waals surface area contributed by atoms with Crippen LogP contribution in [0.15, 0.2) is 72.8 Å². The minimum Gasteiger partial charge on any atom is -0.349 e. The molecular weight excluding hydrogens is 362 g/mol. The van der Waals surface area contributed by atoms with Crippen molar-refractivity contribution in [2.45, 2.75) is 0 Å². The summed E-state index contributed by atoms with van der Waals surface area (Å²) in [5.74, 6) is -0.167. The lowest BCUT2D eigenvalue weighted by atomic mass is 10.1. The van der Waals surface area contributed by atoms with E-state index >= 15 is 0 Å². The van der Waals surface area contributed by atoms with Gasteiger partial charge in [0.2, 0.25) is 0 Å². The monoisotopic (exact) mass is 385 g/mol. The Kier molecular flexibility index (Phi) is 5.35. The van der Waals surface area contributed by atoms with Crippen LogP contribution >= 0.6 is 0 Å². The number of hydrogen-bond acceptors (Lipinski definition) is 4. The molecule has 0 aliphatic heterocycles. The van der Waals surface area contributed by atoms with Crippen molar-refractivity contribution in [3.05, 3.63) is 78.5 Å². The van der Waals surface area contributed by atoms with Crippen LogP contribution in [0.1, 0.15) is 10.5 Å². The largest absolute Gasteiger partial charge is 0.349 e. The second-order valence-corrected chi connectivity index (χ2v) is 7.12. The van der Waals surface area contributed by atoms with Gasteiger partial charge >= 0.3 is 0 Å². The van der Waals surface area contributed by atoms with E-state index in [1.54, 1.807) is 10.6 Å². The number of carbonyl (C=O) groups is 1. The maximum atomic E-state index is 13.0. The van der Waals surface area contributed by atoms with E-state index in [-0.39, 0.29) is 5.91 Å². The van der Waals surface area contributed by atoms with Gasteiger partial charge in [0.25, 0.3) is 5.91 Å². The van der Waals surface area contributed by atoms with E-state index in [4.69, 9.17) is 4.98 Å². The average Bonchev–Trinajstić information content (AvgIpc) is 3.18. The molecule has 0 aliphatic rings. The minimum atomic E-state index is -0.167. The topological polar surface area (TPSA) is 62.5 Å². The molecule has 2 aromatic carbocycles. The summed E-state index contributed by atoms with van der Waals surface area (Å²) in [6, 6.07) is 23.5. The predicted molar refractivity (Wildman–Crippen MR) is 115 cm³/mol. The van der Waals surface area contributed by atoms with Crippen LogP contribution in [0, 0.1) is 0 Å². The average molecular weight is 385 g/mol. The highest BCUT2D eigenvalue weighted by Crippen LogP contribution is 2.23. The van der Waals surface area contributed by atoms with Crippen LogP contribution in [-0.4, -0.2) is 52.6 Å². The molecule has 6 nitrogen and oxygen atoms in total. The smallest absolute Gasteiger partial charge is 0.270 e. The van der Waals surface area contributed by atoms with Crippen LogP contribution < -0.4 is 5.32 Å². The zero-order valence-corrected chi connectivity index (χ0v) is 16.5. The van der Waals surface area contributed by atoms with Gasteiger partial charge in [-0.3, -0.25) is 4.79 Å². The number of aromatic nitrogens is 3. The van der Waals surface area contributed by atoms with Gasteiger partial charge in [0.1, 0.15) is 5.69 Å². The summed E-state index contributed by atoms with van der Waals surface area (Å²) >= 11 is 0. The molecule has 4 rings (SSSR count). The normalized spacial score (nSPS) is 11.1. The summed E-state index contributed by atoms with van der Waals surface area (Å²) < 4.78 is 1.62. The van der Waals surface area contributed by atoms with Crippen LogP contribution in [0.2, 0.25) is 0 Å². The van der Waals surface area contributed by atoms with Gasteiger partial charge in [0.05, 0.1) is 11.4 Å². The molecule has 0 spiro atoms. The number of carbonyl (C=O) groups excluding carboxylic acids is 1. The fraction of sp³-hybridized carbons (Fsp3) is 0.174. The van der Waals surface area contributed by atoms with E-state index in [1.165, 1.54) is 0 Å². The van der Waals surface area contributed by atoms with Crippen LogP contribution in [0.25, 0.3) is 28.2 Å². The number of benzene rings is 2. The second-order valence-electron chi connectivity index (χ2n) is 7.12. The quantitative estimate of drug-likeness (QED) is 0.553. The summed E-state index contributed by atoms with van der Waals surface area (Å²) in [5, 5.41) is 7.65. The molecule has 2 aromatic heterocycles. The standard InChI is InChI=1S/C23H23N5O/c1-27(2)14-13-24-23(29)21-15-19(17-9-5-3-6-10-17)25-22-16-20(26-28(21)22)18-11-7-4-8-12-18/h3-12,15-16H,13-14H2,1-2H3,(H,24,29). The van der Waals surface area contributed by atoms with Crippen LogP contribution in [-0.2, 0) is 0 Å². The molecule has 0 saturated carbocycles. The summed E-state index contributed by atoms with van der Waals surface area (Å²) in [7, 11) is 3.95. The number of fused-ring (bicyclic) bond motifs is 1. The van der Waals surface area contributed by atoms with Gasteiger partial charge in [-0.25, -0.2) is 9.50 Å². The van der Waals surface area contributed by atoms with Gasteiger partial charge < -0.3 is 10.2 Å².